The third-order valence-corrected chi connectivity index (χ3v) is 3.67. The van der Waals surface area contributed by atoms with E-state index in [9.17, 15) is 9.90 Å². The summed E-state index contributed by atoms with van der Waals surface area (Å²) in [5, 5.41) is 13.0. The molecule has 0 aliphatic carbocycles. The average Bonchev–Trinajstić information content (AvgIpc) is 2.38. The largest absolute Gasteiger partial charge is 0.393 e. The van der Waals surface area contributed by atoms with Crippen molar-refractivity contribution in [3.05, 3.63) is 34.9 Å². The van der Waals surface area contributed by atoms with E-state index in [1.165, 1.54) is 5.56 Å². The van der Waals surface area contributed by atoms with Gasteiger partial charge in [-0.3, -0.25) is 4.79 Å². The zero-order valence-electron chi connectivity index (χ0n) is 13.1. The van der Waals surface area contributed by atoms with Gasteiger partial charge in [0.1, 0.15) is 0 Å². The third-order valence-electron chi connectivity index (χ3n) is 3.42. The van der Waals surface area contributed by atoms with E-state index in [-0.39, 0.29) is 12.0 Å². The molecule has 0 fully saturated rings. The topological polar surface area (TPSA) is 49.3 Å². The second kappa shape index (κ2) is 9.06. The molecule has 0 spiro atoms. The van der Waals surface area contributed by atoms with E-state index in [1.54, 1.807) is 6.92 Å². The smallest absolute Gasteiger partial charge is 0.220 e. The molecule has 4 heteroatoms. The van der Waals surface area contributed by atoms with Gasteiger partial charge in [0.15, 0.2) is 0 Å². The lowest BCUT2D eigenvalue weighted by molar-refractivity contribution is -0.122. The van der Waals surface area contributed by atoms with Gasteiger partial charge in [0.25, 0.3) is 0 Å². The van der Waals surface area contributed by atoms with Gasteiger partial charge in [0, 0.05) is 18.0 Å². The van der Waals surface area contributed by atoms with Crippen molar-refractivity contribution in [3.63, 3.8) is 0 Å². The van der Waals surface area contributed by atoms with Crippen LogP contribution in [-0.4, -0.2) is 23.7 Å². The number of nitrogens with one attached hydrogen (secondary N) is 1. The fraction of sp³-hybridized carbons (Fsp3) is 0.588. The first-order chi connectivity index (χ1) is 9.86. The van der Waals surface area contributed by atoms with Gasteiger partial charge < -0.3 is 10.4 Å². The van der Waals surface area contributed by atoms with Crippen LogP contribution in [0.25, 0.3) is 0 Å². The monoisotopic (exact) mass is 311 g/mol. The predicted octanol–water partition coefficient (Wildman–Crippen LogP) is 3.43. The second-order valence-corrected chi connectivity index (χ2v) is 6.57. The number of benzene rings is 1. The van der Waals surface area contributed by atoms with Gasteiger partial charge >= 0.3 is 0 Å². The molecular formula is C17H26ClNO2. The highest BCUT2D eigenvalue weighted by atomic mass is 35.5. The number of aliphatic hydroxyl groups excluding tert-OH is 1. The predicted molar refractivity (Wildman–Crippen MR) is 87.4 cm³/mol. The van der Waals surface area contributed by atoms with Crippen molar-refractivity contribution < 1.29 is 9.90 Å². The molecule has 1 aromatic carbocycles. The van der Waals surface area contributed by atoms with E-state index in [0.717, 1.165) is 11.4 Å². The summed E-state index contributed by atoms with van der Waals surface area (Å²) in [4.78, 5) is 11.9. The Hall–Kier alpha value is -1.06. The molecule has 0 radical (unpaired) electrons. The third kappa shape index (κ3) is 8.08. The van der Waals surface area contributed by atoms with E-state index in [4.69, 9.17) is 11.6 Å². The Labute approximate surface area is 132 Å². The van der Waals surface area contributed by atoms with Gasteiger partial charge in [-0.1, -0.05) is 37.6 Å². The first-order valence-electron chi connectivity index (χ1n) is 7.56. The van der Waals surface area contributed by atoms with Crippen LogP contribution >= 0.6 is 11.6 Å². The van der Waals surface area contributed by atoms with Crippen molar-refractivity contribution in [3.8, 4) is 0 Å². The van der Waals surface area contributed by atoms with Gasteiger partial charge in [0.2, 0.25) is 5.91 Å². The Morgan fingerprint density at radius 2 is 1.81 bits per heavy atom. The molecule has 0 heterocycles. The van der Waals surface area contributed by atoms with Crippen molar-refractivity contribution in [1.82, 2.24) is 5.32 Å². The van der Waals surface area contributed by atoms with Crippen LogP contribution in [0.5, 0.6) is 0 Å². The van der Waals surface area contributed by atoms with Gasteiger partial charge in [-0.15, -0.1) is 0 Å². The van der Waals surface area contributed by atoms with Gasteiger partial charge in [-0.2, -0.15) is 0 Å². The summed E-state index contributed by atoms with van der Waals surface area (Å²) in [5.41, 5.74) is 1.20. The minimum atomic E-state index is -0.319. The number of amides is 1. The molecule has 3 nitrogen and oxygen atoms in total. The normalized spacial score (nSPS) is 15.3. The average molecular weight is 312 g/mol. The van der Waals surface area contributed by atoms with Crippen LogP contribution in [0.15, 0.2) is 24.3 Å². The molecule has 3 atom stereocenters. The van der Waals surface area contributed by atoms with E-state index < -0.39 is 0 Å². The highest BCUT2D eigenvalue weighted by Crippen LogP contribution is 2.15. The minimum absolute atomic E-state index is 0.0777. The van der Waals surface area contributed by atoms with Gasteiger partial charge in [-0.25, -0.2) is 0 Å². The van der Waals surface area contributed by atoms with Crippen molar-refractivity contribution in [2.45, 2.75) is 46.1 Å². The SMILES string of the molecule is CC(O)CC(C)CNC(=O)CC(C)Cc1ccc(Cl)cc1. The van der Waals surface area contributed by atoms with Crippen molar-refractivity contribution in [2.24, 2.45) is 11.8 Å². The Morgan fingerprint density at radius 1 is 1.19 bits per heavy atom. The Bertz CT molecular complexity index is 431. The molecule has 0 saturated carbocycles. The maximum Gasteiger partial charge on any atom is 0.220 e. The van der Waals surface area contributed by atoms with Crippen LogP contribution in [0.3, 0.4) is 0 Å². The number of carbonyl (C=O) groups excluding carboxylic acids is 1. The lowest BCUT2D eigenvalue weighted by Gasteiger charge is -2.16. The standard InChI is InChI=1S/C17H26ClNO2/c1-12(9-15-4-6-16(18)7-5-15)10-17(21)19-11-13(2)8-14(3)20/h4-7,12-14,20H,8-11H2,1-3H3,(H,19,21). The number of carbonyl (C=O) groups is 1. The highest BCUT2D eigenvalue weighted by molar-refractivity contribution is 6.30. The fourth-order valence-electron chi connectivity index (χ4n) is 2.44. The molecule has 1 aromatic rings. The van der Waals surface area contributed by atoms with Crippen LogP contribution in [-0.2, 0) is 11.2 Å². The van der Waals surface area contributed by atoms with E-state index in [0.29, 0.717) is 31.2 Å². The molecule has 0 saturated heterocycles. The van der Waals surface area contributed by atoms with Crippen LogP contribution < -0.4 is 5.32 Å². The number of hydrogen-bond acceptors (Lipinski definition) is 2. The first kappa shape index (κ1) is 18.0. The molecular weight excluding hydrogens is 286 g/mol. The Balaban J connectivity index is 2.28. The Morgan fingerprint density at radius 3 is 2.38 bits per heavy atom. The number of rotatable bonds is 8. The summed E-state index contributed by atoms with van der Waals surface area (Å²) in [6.07, 6.45) is 1.78. The zero-order chi connectivity index (χ0) is 15.8. The molecule has 0 aromatic heterocycles. The molecule has 1 amide bonds. The number of halogens is 1. The van der Waals surface area contributed by atoms with Crippen LogP contribution in [0.2, 0.25) is 5.02 Å². The quantitative estimate of drug-likeness (QED) is 0.772. The van der Waals surface area contributed by atoms with Gasteiger partial charge in [0.05, 0.1) is 6.10 Å². The van der Waals surface area contributed by atoms with E-state index >= 15 is 0 Å². The highest BCUT2D eigenvalue weighted by Gasteiger charge is 2.12. The summed E-state index contributed by atoms with van der Waals surface area (Å²) in [7, 11) is 0. The van der Waals surface area contributed by atoms with Crippen molar-refractivity contribution in [1.29, 1.82) is 0 Å². The second-order valence-electron chi connectivity index (χ2n) is 6.13. The molecule has 118 valence electrons. The fourth-order valence-corrected chi connectivity index (χ4v) is 2.56. The lowest BCUT2D eigenvalue weighted by Crippen LogP contribution is -2.30. The molecule has 1 rings (SSSR count). The minimum Gasteiger partial charge on any atom is -0.393 e. The summed E-state index contributed by atoms with van der Waals surface area (Å²) in [5.74, 6) is 0.660. The molecule has 0 aliphatic heterocycles. The van der Waals surface area contributed by atoms with Crippen LogP contribution in [0.1, 0.15) is 39.2 Å². The molecule has 3 unspecified atom stereocenters. The summed E-state index contributed by atoms with van der Waals surface area (Å²) in [6, 6.07) is 7.76. The van der Waals surface area contributed by atoms with Crippen molar-refractivity contribution in [2.75, 3.05) is 6.54 Å². The summed E-state index contributed by atoms with van der Waals surface area (Å²) < 4.78 is 0. The maximum absolute atomic E-state index is 11.9. The zero-order valence-corrected chi connectivity index (χ0v) is 13.9. The number of hydrogen-bond donors (Lipinski definition) is 2. The summed E-state index contributed by atoms with van der Waals surface area (Å²) in [6.45, 7) is 6.50. The number of aliphatic hydroxyl groups is 1. The first-order valence-corrected chi connectivity index (χ1v) is 7.93. The van der Waals surface area contributed by atoms with Crippen LogP contribution in [0, 0.1) is 11.8 Å². The molecule has 0 bridgehead atoms. The maximum atomic E-state index is 11.9. The van der Waals surface area contributed by atoms with E-state index in [2.05, 4.69) is 12.2 Å². The molecule has 0 aliphatic rings. The van der Waals surface area contributed by atoms with Crippen molar-refractivity contribution >= 4 is 17.5 Å². The Kier molecular flexibility index (Phi) is 7.76. The lowest BCUT2D eigenvalue weighted by atomic mass is 9.97. The van der Waals surface area contributed by atoms with E-state index in [1.807, 2.05) is 31.2 Å². The molecule has 2 N–H and O–H groups in total. The van der Waals surface area contributed by atoms with Crippen LogP contribution in [0.4, 0.5) is 0 Å². The van der Waals surface area contributed by atoms with Gasteiger partial charge in [-0.05, 0) is 49.3 Å². The molecule has 21 heavy (non-hydrogen) atoms. The summed E-state index contributed by atoms with van der Waals surface area (Å²) >= 11 is 5.86.